The smallest absolute Gasteiger partial charge is 0.408 e. The summed E-state index contributed by atoms with van der Waals surface area (Å²) >= 11 is 0. The lowest BCUT2D eigenvalue weighted by Crippen LogP contribution is -2.57. The van der Waals surface area contributed by atoms with Crippen molar-refractivity contribution in [1.82, 2.24) is 20.9 Å². The van der Waals surface area contributed by atoms with E-state index in [9.17, 15) is 24.0 Å². The highest BCUT2D eigenvalue weighted by Gasteiger charge is 2.42. The zero-order valence-corrected chi connectivity index (χ0v) is 22.6. The molecule has 1 saturated carbocycles. The van der Waals surface area contributed by atoms with Crippen LogP contribution < -0.4 is 16.0 Å². The lowest BCUT2D eigenvalue weighted by atomic mass is 9.96. The molecule has 3 atom stereocenters. The predicted octanol–water partition coefficient (Wildman–Crippen LogP) is 2.61. The SMILES string of the molecule is C=CCNC(=O)C(=O)C(CCC)NC(=O)[C@@H]1CCCN1C(=O)[C@@H](NC(=O)OC(CC)CC)C1CCCC1. The van der Waals surface area contributed by atoms with E-state index in [-0.39, 0.29) is 24.5 Å². The summed E-state index contributed by atoms with van der Waals surface area (Å²) in [7, 11) is 0. The number of carbonyl (C=O) groups is 5. The highest BCUT2D eigenvalue weighted by atomic mass is 16.6. The quantitative estimate of drug-likeness (QED) is 0.238. The van der Waals surface area contributed by atoms with Gasteiger partial charge in [0.1, 0.15) is 18.2 Å². The lowest BCUT2D eigenvalue weighted by molar-refractivity contribution is -0.143. The molecule has 0 aromatic rings. The summed E-state index contributed by atoms with van der Waals surface area (Å²) in [6.45, 7) is 9.79. The van der Waals surface area contributed by atoms with Crippen LogP contribution >= 0.6 is 0 Å². The topological polar surface area (TPSA) is 134 Å². The molecule has 1 heterocycles. The van der Waals surface area contributed by atoms with Crippen molar-refractivity contribution < 1.29 is 28.7 Å². The van der Waals surface area contributed by atoms with Gasteiger partial charge >= 0.3 is 6.09 Å². The number of nitrogens with zero attached hydrogens (tertiary/aromatic N) is 1. The molecule has 0 spiro atoms. The van der Waals surface area contributed by atoms with Crippen LogP contribution in [0.2, 0.25) is 0 Å². The van der Waals surface area contributed by atoms with Crippen molar-refractivity contribution in [2.75, 3.05) is 13.1 Å². The maximum atomic E-state index is 13.7. The Balaban J connectivity index is 2.13. The van der Waals surface area contributed by atoms with E-state index < -0.39 is 41.8 Å². The second-order valence-corrected chi connectivity index (χ2v) is 9.91. The summed E-state index contributed by atoms with van der Waals surface area (Å²) in [5.41, 5.74) is 0. The number of hydrogen-bond donors (Lipinski definition) is 3. The summed E-state index contributed by atoms with van der Waals surface area (Å²) < 4.78 is 5.50. The molecule has 0 aromatic carbocycles. The normalized spacial score (nSPS) is 19.2. The Bertz CT molecular complexity index is 822. The molecule has 2 aliphatic rings. The molecule has 10 nitrogen and oxygen atoms in total. The minimum atomic E-state index is -0.973. The number of alkyl carbamates (subject to hydrolysis) is 1. The van der Waals surface area contributed by atoms with Crippen LogP contribution in [0.15, 0.2) is 12.7 Å². The molecule has 3 N–H and O–H groups in total. The minimum absolute atomic E-state index is 0.0194. The average molecular weight is 521 g/mol. The van der Waals surface area contributed by atoms with E-state index in [4.69, 9.17) is 4.74 Å². The second-order valence-electron chi connectivity index (χ2n) is 9.91. The van der Waals surface area contributed by atoms with Gasteiger partial charge in [-0.3, -0.25) is 19.2 Å². The molecule has 0 aromatic heterocycles. The molecule has 4 amide bonds. The van der Waals surface area contributed by atoms with Gasteiger partial charge in [0.2, 0.25) is 17.6 Å². The van der Waals surface area contributed by atoms with Gasteiger partial charge in [-0.1, -0.05) is 46.1 Å². The average Bonchev–Trinajstić information content (AvgIpc) is 3.60. The number of hydrogen-bond acceptors (Lipinski definition) is 6. The fraction of sp³-hybridized carbons (Fsp3) is 0.741. The highest BCUT2D eigenvalue weighted by molar-refractivity contribution is 6.38. The van der Waals surface area contributed by atoms with Crippen LogP contribution in [-0.2, 0) is 23.9 Å². The maximum absolute atomic E-state index is 13.7. The molecule has 10 heteroatoms. The molecule has 0 bridgehead atoms. The molecule has 1 saturated heterocycles. The van der Waals surface area contributed by atoms with Gasteiger partial charge in [0.05, 0.1) is 6.04 Å². The number of likely N-dealkylation sites (tertiary alicyclic amines) is 1. The van der Waals surface area contributed by atoms with Crippen LogP contribution in [-0.4, -0.2) is 71.8 Å². The fourth-order valence-electron chi connectivity index (χ4n) is 5.16. The first kappa shape index (κ1) is 30.3. The fourth-order valence-corrected chi connectivity index (χ4v) is 5.16. The molecule has 208 valence electrons. The Labute approximate surface area is 220 Å². The van der Waals surface area contributed by atoms with Crippen LogP contribution in [0.25, 0.3) is 0 Å². The highest BCUT2D eigenvalue weighted by Crippen LogP contribution is 2.30. The molecular formula is C27H44N4O6. The summed E-state index contributed by atoms with van der Waals surface area (Å²) in [5, 5.41) is 7.97. The van der Waals surface area contributed by atoms with Crippen molar-refractivity contribution in [2.24, 2.45) is 5.92 Å². The standard InChI is InChI=1S/C27H44N4O6/c1-5-12-20(23(32)25(34)28-16-6-2)29-24(33)21-15-11-17-31(21)26(35)22(18-13-9-10-14-18)30-27(36)37-19(7-3)8-4/h6,18-22H,2,5,7-17H2,1,3-4H3,(H,28,34)(H,29,33)(H,30,36)/t20?,21-,22-/m0/s1. The van der Waals surface area contributed by atoms with Gasteiger partial charge < -0.3 is 25.6 Å². The monoisotopic (exact) mass is 520 g/mol. The van der Waals surface area contributed by atoms with Gasteiger partial charge in [-0.15, -0.1) is 6.58 Å². The Morgan fingerprint density at radius 1 is 1.00 bits per heavy atom. The number of rotatable bonds is 14. The third-order valence-corrected chi connectivity index (χ3v) is 7.27. The van der Waals surface area contributed by atoms with E-state index in [0.717, 1.165) is 25.7 Å². The summed E-state index contributed by atoms with van der Waals surface area (Å²) in [5.74, 6) is -2.27. The largest absolute Gasteiger partial charge is 0.446 e. The molecule has 1 aliphatic carbocycles. The third kappa shape index (κ3) is 8.57. The molecule has 2 rings (SSSR count). The van der Waals surface area contributed by atoms with Gasteiger partial charge in [0.15, 0.2) is 0 Å². The van der Waals surface area contributed by atoms with E-state index >= 15 is 0 Å². The number of ketones is 1. The van der Waals surface area contributed by atoms with Crippen molar-refractivity contribution in [1.29, 1.82) is 0 Å². The second kappa shape index (κ2) is 15.4. The maximum Gasteiger partial charge on any atom is 0.408 e. The van der Waals surface area contributed by atoms with E-state index in [0.29, 0.717) is 45.1 Å². The molecule has 1 unspecified atom stereocenters. The van der Waals surface area contributed by atoms with Crippen LogP contribution in [0, 0.1) is 5.92 Å². The lowest BCUT2D eigenvalue weighted by Gasteiger charge is -2.32. The summed E-state index contributed by atoms with van der Waals surface area (Å²) in [4.78, 5) is 65.9. The number of carbonyl (C=O) groups excluding carboxylic acids is 5. The van der Waals surface area contributed by atoms with Crippen LogP contribution in [0.4, 0.5) is 4.79 Å². The molecule has 2 fully saturated rings. The van der Waals surface area contributed by atoms with Crippen LogP contribution in [0.3, 0.4) is 0 Å². The van der Waals surface area contributed by atoms with E-state index in [1.807, 2.05) is 20.8 Å². The van der Waals surface area contributed by atoms with Gasteiger partial charge in [0.25, 0.3) is 5.91 Å². The molecular weight excluding hydrogens is 476 g/mol. The van der Waals surface area contributed by atoms with Crippen molar-refractivity contribution in [3.63, 3.8) is 0 Å². The van der Waals surface area contributed by atoms with Gasteiger partial charge in [-0.05, 0) is 50.9 Å². The Kier molecular flexibility index (Phi) is 12.6. The Morgan fingerprint density at radius 2 is 1.68 bits per heavy atom. The zero-order chi connectivity index (χ0) is 27.4. The molecule has 37 heavy (non-hydrogen) atoms. The van der Waals surface area contributed by atoms with Crippen molar-refractivity contribution >= 4 is 29.6 Å². The molecule has 1 aliphatic heterocycles. The first-order valence-electron chi connectivity index (χ1n) is 13.8. The number of ether oxygens (including phenoxy) is 1. The van der Waals surface area contributed by atoms with Gasteiger partial charge in [-0.25, -0.2) is 4.79 Å². The van der Waals surface area contributed by atoms with Gasteiger partial charge in [0, 0.05) is 13.1 Å². The first-order valence-corrected chi connectivity index (χ1v) is 13.8. The summed E-state index contributed by atoms with van der Waals surface area (Å²) in [6, 6.07) is -2.51. The molecule has 0 radical (unpaired) electrons. The number of Topliss-reactive ketones (excluding diaryl/α,β-unsaturated/α-hetero) is 1. The number of nitrogens with one attached hydrogen (secondary N) is 3. The van der Waals surface area contributed by atoms with Gasteiger partial charge in [-0.2, -0.15) is 0 Å². The van der Waals surface area contributed by atoms with Crippen molar-refractivity contribution in [3.8, 4) is 0 Å². The van der Waals surface area contributed by atoms with Crippen LogP contribution in [0.5, 0.6) is 0 Å². The Morgan fingerprint density at radius 3 is 2.27 bits per heavy atom. The van der Waals surface area contributed by atoms with Crippen molar-refractivity contribution in [3.05, 3.63) is 12.7 Å². The van der Waals surface area contributed by atoms with E-state index in [1.54, 1.807) is 0 Å². The minimum Gasteiger partial charge on any atom is -0.446 e. The van der Waals surface area contributed by atoms with Crippen molar-refractivity contribution in [2.45, 2.75) is 109 Å². The zero-order valence-electron chi connectivity index (χ0n) is 22.6. The van der Waals surface area contributed by atoms with E-state index in [2.05, 4.69) is 22.5 Å². The van der Waals surface area contributed by atoms with E-state index in [1.165, 1.54) is 11.0 Å². The summed E-state index contributed by atoms with van der Waals surface area (Å²) in [6.07, 6.45) is 7.58. The third-order valence-electron chi connectivity index (χ3n) is 7.27. The Hall–Kier alpha value is -2.91. The first-order chi connectivity index (χ1) is 17.8. The predicted molar refractivity (Wildman–Crippen MR) is 140 cm³/mol. The number of amides is 4. The van der Waals surface area contributed by atoms with Crippen LogP contribution in [0.1, 0.15) is 85.0 Å².